The van der Waals surface area contributed by atoms with Gasteiger partial charge in [-0.3, -0.25) is 14.7 Å². The smallest absolute Gasteiger partial charge is 0.411 e. The van der Waals surface area contributed by atoms with Gasteiger partial charge in [-0.05, 0) is 38.0 Å². The van der Waals surface area contributed by atoms with Gasteiger partial charge in [0.15, 0.2) is 5.78 Å². The van der Waals surface area contributed by atoms with Crippen LogP contribution in [0.4, 0.5) is 13.6 Å². The molecule has 1 N–H and O–H groups in total. The van der Waals surface area contributed by atoms with Crippen LogP contribution < -0.4 is 4.74 Å². The number of benzene rings is 1. The largest absolute Gasteiger partial charge is 0.485 e. The molecule has 184 valence electrons. The molecule has 3 heterocycles. The highest BCUT2D eigenvalue weighted by atomic mass is 19.3. The van der Waals surface area contributed by atoms with Gasteiger partial charge in [0.2, 0.25) is 0 Å². The zero-order valence-electron chi connectivity index (χ0n) is 19.8. The van der Waals surface area contributed by atoms with Gasteiger partial charge < -0.3 is 14.5 Å². The Morgan fingerprint density at radius 3 is 2.60 bits per heavy atom. The van der Waals surface area contributed by atoms with E-state index < -0.39 is 24.7 Å². The summed E-state index contributed by atoms with van der Waals surface area (Å²) >= 11 is 0. The Balaban J connectivity index is 1.78. The molecule has 4 rings (SSSR count). The number of ketones is 1. The summed E-state index contributed by atoms with van der Waals surface area (Å²) in [5.74, 6) is -0.0493. The van der Waals surface area contributed by atoms with Crippen LogP contribution in [0.2, 0.25) is 0 Å². The normalized spacial score (nSPS) is 13.7. The summed E-state index contributed by atoms with van der Waals surface area (Å²) in [7, 11) is 0. The van der Waals surface area contributed by atoms with E-state index in [1.807, 2.05) is 30.3 Å². The average molecular weight is 484 g/mol. The number of hydrogen-bond donors (Lipinski definition) is 1. The molecule has 0 saturated carbocycles. The van der Waals surface area contributed by atoms with Crippen molar-refractivity contribution in [1.82, 2.24) is 14.9 Å². The highest BCUT2D eigenvalue weighted by molar-refractivity contribution is 6.04. The Kier molecular flexibility index (Phi) is 6.86. The molecule has 0 fully saturated rings. The summed E-state index contributed by atoms with van der Waals surface area (Å²) in [6.45, 7) is 4.53. The first kappa shape index (κ1) is 24.4. The van der Waals surface area contributed by atoms with Gasteiger partial charge in [-0.15, -0.1) is 0 Å². The topological polar surface area (TPSA) is 84.5 Å². The third kappa shape index (κ3) is 5.67. The van der Waals surface area contributed by atoms with Crippen LogP contribution >= 0.6 is 0 Å². The minimum absolute atomic E-state index is 0.119. The van der Waals surface area contributed by atoms with Crippen LogP contribution in [0.1, 0.15) is 48.0 Å². The van der Waals surface area contributed by atoms with Crippen LogP contribution in [0.15, 0.2) is 48.8 Å². The molecule has 0 radical (unpaired) electrons. The lowest BCUT2D eigenvalue weighted by Gasteiger charge is -2.29. The van der Waals surface area contributed by atoms with Gasteiger partial charge in [0.25, 0.3) is 6.43 Å². The Morgan fingerprint density at radius 2 is 1.91 bits per heavy atom. The molecule has 0 bridgehead atoms. The molecule has 3 aromatic rings. The number of carbonyl (C=O) groups is 2. The average Bonchev–Trinajstić information content (AvgIpc) is 3.16. The number of rotatable bonds is 6. The number of Topliss-reactive ketones (excluding diaryl/α,β-unsaturated/α-hetero) is 1. The van der Waals surface area contributed by atoms with Crippen molar-refractivity contribution in [3.8, 4) is 17.0 Å². The van der Waals surface area contributed by atoms with Crippen molar-refractivity contribution in [2.45, 2.75) is 45.8 Å². The van der Waals surface area contributed by atoms with E-state index in [1.54, 1.807) is 26.8 Å². The van der Waals surface area contributed by atoms with Crippen LogP contribution in [0.25, 0.3) is 11.3 Å². The Hall–Kier alpha value is -3.75. The van der Waals surface area contributed by atoms with E-state index in [0.29, 0.717) is 34.5 Å². The highest BCUT2D eigenvalue weighted by Gasteiger charge is 2.34. The van der Waals surface area contributed by atoms with E-state index in [2.05, 4.69) is 9.97 Å². The number of aromatic amines is 1. The minimum Gasteiger partial charge on any atom is -0.485 e. The third-order valence-electron chi connectivity index (χ3n) is 5.44. The van der Waals surface area contributed by atoms with E-state index in [9.17, 15) is 18.4 Å². The van der Waals surface area contributed by atoms with Crippen molar-refractivity contribution in [3.05, 3.63) is 71.2 Å². The van der Waals surface area contributed by atoms with E-state index >= 15 is 0 Å². The molecule has 0 atom stereocenters. The third-order valence-corrected chi connectivity index (χ3v) is 5.44. The van der Waals surface area contributed by atoms with Crippen molar-refractivity contribution < 1.29 is 27.8 Å². The molecule has 0 saturated heterocycles. The quantitative estimate of drug-likeness (QED) is 0.518. The Bertz CT molecular complexity index is 1220. The number of ether oxygens (including phenoxy) is 2. The van der Waals surface area contributed by atoms with Crippen LogP contribution in [0.3, 0.4) is 0 Å². The molecule has 1 aliphatic rings. The fraction of sp³-hybridized carbons (Fsp3) is 0.346. The van der Waals surface area contributed by atoms with Crippen molar-refractivity contribution in [3.63, 3.8) is 0 Å². The number of hydrogen-bond acceptors (Lipinski definition) is 5. The number of amides is 1. The summed E-state index contributed by atoms with van der Waals surface area (Å²) in [6, 6.07) is 11.3. The number of nitrogens with one attached hydrogen (secondary N) is 1. The molecule has 1 amide bonds. The monoisotopic (exact) mass is 483 g/mol. The number of aromatic nitrogens is 2. The number of H-pyrrole nitrogens is 1. The number of alkyl halides is 2. The second kappa shape index (κ2) is 9.85. The van der Waals surface area contributed by atoms with Crippen LogP contribution in [0, 0.1) is 0 Å². The van der Waals surface area contributed by atoms with Crippen molar-refractivity contribution in [1.29, 1.82) is 0 Å². The van der Waals surface area contributed by atoms with Crippen molar-refractivity contribution in [2.75, 3.05) is 13.2 Å². The van der Waals surface area contributed by atoms with Crippen molar-refractivity contribution >= 4 is 11.9 Å². The standard InChI is InChI=1S/C26H27F2N3O4/c1-26(2,3)35-25(33)31-13-19-23(20(32)14-31)18(11-16-7-5-4-6-8-16)24(30-19)17-9-10-29-12-21(17)34-15-22(27)28/h4-10,12,22,30H,11,13-15H2,1-3H3. The minimum atomic E-state index is -2.65. The van der Waals surface area contributed by atoms with Gasteiger partial charge in [-0.2, -0.15) is 0 Å². The molecule has 0 unspecified atom stereocenters. The highest BCUT2D eigenvalue weighted by Crippen LogP contribution is 2.37. The van der Waals surface area contributed by atoms with Crippen molar-refractivity contribution in [2.24, 2.45) is 0 Å². The molecule has 0 spiro atoms. The van der Waals surface area contributed by atoms with Crippen LogP contribution in [0.5, 0.6) is 5.75 Å². The SMILES string of the molecule is CC(C)(C)OC(=O)N1CC(=O)c2c([nH]c(-c3ccncc3OCC(F)F)c2Cc2ccccc2)C1. The number of carbonyl (C=O) groups excluding carboxylic acids is 2. The molecule has 9 heteroatoms. The number of pyridine rings is 1. The number of halogens is 2. The lowest BCUT2D eigenvalue weighted by Crippen LogP contribution is -2.42. The molecular weight excluding hydrogens is 456 g/mol. The lowest BCUT2D eigenvalue weighted by atomic mass is 9.93. The van der Waals surface area contributed by atoms with Gasteiger partial charge >= 0.3 is 6.09 Å². The summed E-state index contributed by atoms with van der Waals surface area (Å²) in [6.07, 6.45) is 0.107. The molecule has 35 heavy (non-hydrogen) atoms. The predicted octanol–water partition coefficient (Wildman–Crippen LogP) is 5.24. The number of nitrogens with zero attached hydrogens (tertiary/aromatic N) is 2. The van der Waals surface area contributed by atoms with Gasteiger partial charge in [0, 0.05) is 29.4 Å². The summed E-state index contributed by atoms with van der Waals surface area (Å²) < 4.78 is 36.5. The van der Waals surface area contributed by atoms with E-state index in [-0.39, 0.29) is 24.6 Å². The van der Waals surface area contributed by atoms with Gasteiger partial charge in [0.05, 0.1) is 25.0 Å². The maximum Gasteiger partial charge on any atom is 0.411 e. The fourth-order valence-electron chi connectivity index (χ4n) is 4.07. The molecule has 7 nitrogen and oxygen atoms in total. The van der Waals surface area contributed by atoms with Gasteiger partial charge in [-0.1, -0.05) is 30.3 Å². The second-order valence-electron chi connectivity index (χ2n) is 9.33. The number of fused-ring (bicyclic) bond motifs is 1. The second-order valence-corrected chi connectivity index (χ2v) is 9.33. The van der Waals surface area contributed by atoms with E-state index in [1.165, 1.54) is 17.3 Å². The summed E-state index contributed by atoms with van der Waals surface area (Å²) in [5.41, 5.74) is 3.14. The molecule has 0 aliphatic carbocycles. The van der Waals surface area contributed by atoms with E-state index in [0.717, 1.165) is 5.56 Å². The van der Waals surface area contributed by atoms with E-state index in [4.69, 9.17) is 9.47 Å². The predicted molar refractivity (Wildman–Crippen MR) is 126 cm³/mol. The molecule has 1 aromatic carbocycles. The first-order valence-electron chi connectivity index (χ1n) is 11.3. The molecular formula is C26H27F2N3O4. The summed E-state index contributed by atoms with van der Waals surface area (Å²) in [5, 5.41) is 0. The molecule has 2 aromatic heterocycles. The Labute approximate surface area is 202 Å². The maximum atomic E-state index is 13.3. The maximum absolute atomic E-state index is 13.3. The first-order valence-corrected chi connectivity index (χ1v) is 11.3. The van der Waals surface area contributed by atoms with Crippen LogP contribution in [-0.4, -0.2) is 51.9 Å². The van der Waals surface area contributed by atoms with Gasteiger partial charge in [-0.25, -0.2) is 13.6 Å². The zero-order valence-corrected chi connectivity index (χ0v) is 19.8. The Morgan fingerprint density at radius 1 is 1.17 bits per heavy atom. The first-order chi connectivity index (χ1) is 16.6. The van der Waals surface area contributed by atoms with Crippen LogP contribution in [-0.2, 0) is 17.7 Å². The zero-order chi connectivity index (χ0) is 25.2. The fourth-order valence-corrected chi connectivity index (χ4v) is 4.07. The lowest BCUT2D eigenvalue weighted by molar-refractivity contribution is 0.0218. The molecule has 1 aliphatic heterocycles. The summed E-state index contributed by atoms with van der Waals surface area (Å²) in [4.78, 5) is 34.6. The van der Waals surface area contributed by atoms with Gasteiger partial charge in [0.1, 0.15) is 18.0 Å².